The summed E-state index contributed by atoms with van der Waals surface area (Å²) in [6, 6.07) is 9.12. The van der Waals surface area contributed by atoms with Gasteiger partial charge in [-0.1, -0.05) is 11.6 Å². The number of carbonyl (C=O) groups excluding carboxylic acids is 2. The Morgan fingerprint density at radius 1 is 1.16 bits per heavy atom. The molecule has 3 N–H and O–H groups in total. The number of benzene rings is 1. The third-order valence-corrected chi connectivity index (χ3v) is 6.74. The third-order valence-electron chi connectivity index (χ3n) is 5.25. The van der Waals surface area contributed by atoms with E-state index in [9.17, 15) is 18.0 Å². The number of fused-ring (bicyclic) bond motifs is 1. The van der Waals surface area contributed by atoms with E-state index >= 15 is 0 Å². The van der Waals surface area contributed by atoms with Gasteiger partial charge < -0.3 is 20.5 Å². The molecular weight excluding hydrogens is 454 g/mol. The number of pyridine rings is 1. The van der Waals surface area contributed by atoms with Crippen LogP contribution in [0, 0.1) is 0 Å². The molecule has 0 saturated carbocycles. The number of nitrogens with zero attached hydrogens (tertiary/aromatic N) is 3. The number of nitrogens with one attached hydrogen (secondary N) is 1. The first-order chi connectivity index (χ1) is 15.2. The molecule has 3 amide bonds. The lowest BCUT2D eigenvalue weighted by atomic mass is 10.1. The summed E-state index contributed by atoms with van der Waals surface area (Å²) in [5.74, 6) is -0.674. The zero-order valence-electron chi connectivity index (χ0n) is 17.1. The Balaban J connectivity index is 1.61. The van der Waals surface area contributed by atoms with Crippen molar-refractivity contribution in [3.8, 4) is 11.3 Å². The second kappa shape index (κ2) is 8.29. The van der Waals surface area contributed by atoms with E-state index in [4.69, 9.17) is 17.3 Å². The number of amides is 3. The number of urea groups is 1. The highest BCUT2D eigenvalue weighted by Crippen LogP contribution is 2.37. The standard InChI is InChI=1S/C21H20ClN5O4S/c1-32(30,31)15-6-4-14(5-7-15)25-21(29)26-9-10-27-16(12-26)17(20(23)28)18(22)19(27)13-3-2-8-24-11-13/h2-8,11H,9-10,12H2,1H3,(H2,23,28)(H,25,29). The van der Waals surface area contributed by atoms with E-state index in [1.54, 1.807) is 18.5 Å². The van der Waals surface area contributed by atoms with Crippen molar-refractivity contribution in [1.29, 1.82) is 0 Å². The van der Waals surface area contributed by atoms with E-state index in [2.05, 4.69) is 10.3 Å². The van der Waals surface area contributed by atoms with Crippen molar-refractivity contribution in [1.82, 2.24) is 14.5 Å². The van der Waals surface area contributed by atoms with Crippen LogP contribution in [0.25, 0.3) is 11.3 Å². The number of carbonyl (C=O) groups is 2. The number of halogens is 1. The largest absolute Gasteiger partial charge is 0.365 e. The lowest BCUT2D eigenvalue weighted by molar-refractivity contribution is 0.0997. The number of primary amides is 1. The minimum Gasteiger partial charge on any atom is -0.365 e. The van der Waals surface area contributed by atoms with Crippen molar-refractivity contribution in [3.63, 3.8) is 0 Å². The van der Waals surface area contributed by atoms with Crippen LogP contribution in [0.1, 0.15) is 16.1 Å². The van der Waals surface area contributed by atoms with Crippen molar-refractivity contribution in [2.75, 3.05) is 18.1 Å². The van der Waals surface area contributed by atoms with Crippen LogP contribution < -0.4 is 11.1 Å². The minimum absolute atomic E-state index is 0.130. The van der Waals surface area contributed by atoms with E-state index in [1.807, 2.05) is 10.6 Å². The molecule has 2 aromatic heterocycles. The maximum absolute atomic E-state index is 12.8. The van der Waals surface area contributed by atoms with Crippen LogP contribution in [0.2, 0.25) is 5.02 Å². The van der Waals surface area contributed by atoms with Crippen molar-refractivity contribution in [3.05, 3.63) is 65.1 Å². The van der Waals surface area contributed by atoms with Crippen molar-refractivity contribution in [2.45, 2.75) is 18.0 Å². The first-order valence-corrected chi connectivity index (χ1v) is 11.9. The predicted octanol–water partition coefficient (Wildman–Crippen LogP) is 2.75. The maximum Gasteiger partial charge on any atom is 0.322 e. The molecule has 1 aliphatic rings. The zero-order valence-corrected chi connectivity index (χ0v) is 18.7. The number of nitrogens with two attached hydrogens (primary N) is 1. The van der Waals surface area contributed by atoms with Gasteiger partial charge in [0.1, 0.15) is 0 Å². The number of hydrogen-bond donors (Lipinski definition) is 2. The van der Waals surface area contributed by atoms with Gasteiger partial charge in [-0.25, -0.2) is 13.2 Å². The fourth-order valence-corrected chi connectivity index (χ4v) is 4.77. The molecule has 0 aliphatic carbocycles. The summed E-state index contributed by atoms with van der Waals surface area (Å²) < 4.78 is 25.1. The summed E-state index contributed by atoms with van der Waals surface area (Å²) >= 11 is 6.54. The normalized spacial score (nSPS) is 13.5. The lowest BCUT2D eigenvalue weighted by Crippen LogP contribution is -2.41. The molecule has 0 spiro atoms. The number of sulfone groups is 1. The second-order valence-electron chi connectivity index (χ2n) is 7.39. The zero-order chi connectivity index (χ0) is 23.0. The van der Waals surface area contributed by atoms with Gasteiger partial charge in [0.05, 0.1) is 33.4 Å². The van der Waals surface area contributed by atoms with E-state index in [-0.39, 0.29) is 28.1 Å². The molecule has 1 aromatic carbocycles. The summed E-state index contributed by atoms with van der Waals surface area (Å²) in [4.78, 5) is 30.8. The Morgan fingerprint density at radius 2 is 1.88 bits per heavy atom. The second-order valence-corrected chi connectivity index (χ2v) is 9.78. The van der Waals surface area contributed by atoms with Gasteiger partial charge in [0.25, 0.3) is 5.91 Å². The molecule has 1 aliphatic heterocycles. The first kappa shape index (κ1) is 21.8. The molecule has 3 heterocycles. The molecule has 0 saturated heterocycles. The fraction of sp³-hybridized carbons (Fsp3) is 0.190. The number of anilines is 1. The molecule has 4 rings (SSSR count). The molecular formula is C21H20ClN5O4S. The van der Waals surface area contributed by atoms with Gasteiger partial charge in [-0.15, -0.1) is 0 Å². The minimum atomic E-state index is -3.33. The molecule has 9 nitrogen and oxygen atoms in total. The molecule has 0 atom stereocenters. The van der Waals surface area contributed by atoms with Crippen LogP contribution >= 0.6 is 11.6 Å². The van der Waals surface area contributed by atoms with Crippen LogP contribution in [0.15, 0.2) is 53.7 Å². The van der Waals surface area contributed by atoms with Crippen LogP contribution in [-0.4, -0.2) is 47.6 Å². The van der Waals surface area contributed by atoms with Crippen molar-refractivity contribution < 1.29 is 18.0 Å². The van der Waals surface area contributed by atoms with E-state index in [0.717, 1.165) is 11.8 Å². The SMILES string of the molecule is CS(=O)(=O)c1ccc(NC(=O)N2CCn3c(c(C(N)=O)c(Cl)c3-c3cccnc3)C2)cc1. The van der Waals surface area contributed by atoms with Crippen molar-refractivity contribution in [2.24, 2.45) is 5.73 Å². The first-order valence-electron chi connectivity index (χ1n) is 9.64. The van der Waals surface area contributed by atoms with Gasteiger partial charge in [-0.2, -0.15) is 0 Å². The van der Waals surface area contributed by atoms with Crippen LogP contribution in [0.3, 0.4) is 0 Å². The number of rotatable bonds is 4. The molecule has 0 unspecified atom stereocenters. The highest BCUT2D eigenvalue weighted by molar-refractivity contribution is 7.90. The van der Waals surface area contributed by atoms with Gasteiger partial charge in [0.15, 0.2) is 9.84 Å². The quantitative estimate of drug-likeness (QED) is 0.602. The van der Waals surface area contributed by atoms with Crippen molar-refractivity contribution >= 4 is 39.1 Å². The van der Waals surface area contributed by atoms with E-state index in [1.165, 1.54) is 29.2 Å². The Kier molecular flexibility index (Phi) is 5.66. The van der Waals surface area contributed by atoms with Crippen LogP contribution in [-0.2, 0) is 22.9 Å². The molecule has 3 aromatic rings. The van der Waals surface area contributed by atoms with E-state index < -0.39 is 15.7 Å². The molecule has 0 bridgehead atoms. The summed E-state index contributed by atoms with van der Waals surface area (Å²) in [5.41, 5.74) is 8.17. The molecule has 0 fully saturated rings. The number of aromatic nitrogens is 2. The van der Waals surface area contributed by atoms with Gasteiger partial charge in [-0.3, -0.25) is 9.78 Å². The van der Waals surface area contributed by atoms with Gasteiger partial charge >= 0.3 is 6.03 Å². The van der Waals surface area contributed by atoms with Crippen LogP contribution in [0.5, 0.6) is 0 Å². The van der Waals surface area contributed by atoms with Gasteiger partial charge in [0, 0.05) is 43.0 Å². The lowest BCUT2D eigenvalue weighted by Gasteiger charge is -2.30. The molecule has 0 radical (unpaired) electrons. The molecule has 166 valence electrons. The topological polar surface area (TPSA) is 127 Å². The summed E-state index contributed by atoms with van der Waals surface area (Å²) in [5, 5.41) is 2.98. The van der Waals surface area contributed by atoms with E-state index in [0.29, 0.717) is 30.2 Å². The Morgan fingerprint density at radius 3 is 2.47 bits per heavy atom. The average Bonchev–Trinajstić information content (AvgIpc) is 3.05. The van der Waals surface area contributed by atoms with Crippen LogP contribution in [0.4, 0.5) is 10.5 Å². The summed E-state index contributed by atoms with van der Waals surface area (Å²) in [6.45, 7) is 0.912. The molecule has 32 heavy (non-hydrogen) atoms. The number of hydrogen-bond acceptors (Lipinski definition) is 5. The highest BCUT2D eigenvalue weighted by Gasteiger charge is 2.31. The highest BCUT2D eigenvalue weighted by atomic mass is 35.5. The third kappa shape index (κ3) is 4.06. The summed E-state index contributed by atoms with van der Waals surface area (Å²) in [7, 11) is -3.33. The molecule has 11 heteroatoms. The Labute approximate surface area is 189 Å². The monoisotopic (exact) mass is 473 g/mol. The smallest absolute Gasteiger partial charge is 0.322 e. The average molecular weight is 474 g/mol. The maximum atomic E-state index is 12.8. The van der Waals surface area contributed by atoms with Gasteiger partial charge in [-0.05, 0) is 36.4 Å². The fourth-order valence-electron chi connectivity index (χ4n) is 3.72. The predicted molar refractivity (Wildman–Crippen MR) is 120 cm³/mol. The summed E-state index contributed by atoms with van der Waals surface area (Å²) in [6.07, 6.45) is 4.41. The van der Waals surface area contributed by atoms with Gasteiger partial charge in [0.2, 0.25) is 0 Å². The Hall–Kier alpha value is -3.37. The Bertz CT molecular complexity index is 1300.